The molecule has 0 heterocycles. The van der Waals surface area contributed by atoms with E-state index < -0.39 is 5.97 Å². The van der Waals surface area contributed by atoms with Crippen LogP contribution in [-0.2, 0) is 13.0 Å². The molecule has 0 radical (unpaired) electrons. The fourth-order valence-electron chi connectivity index (χ4n) is 2.09. The largest absolute Gasteiger partial charge is 0.478 e. The van der Waals surface area contributed by atoms with E-state index in [-0.39, 0.29) is 11.5 Å². The highest BCUT2D eigenvalue weighted by Gasteiger charge is 2.09. The van der Waals surface area contributed by atoms with Crippen LogP contribution in [0.1, 0.15) is 38.8 Å². The Balaban J connectivity index is 2.02. The average molecular weight is 283 g/mol. The average Bonchev–Trinajstić information content (AvgIpc) is 2.52. The van der Waals surface area contributed by atoms with Crippen LogP contribution in [0.4, 0.5) is 0 Å². The number of carbonyl (C=O) groups excluding carboxylic acids is 1. The Bertz CT molecular complexity index is 647. The van der Waals surface area contributed by atoms with Crippen LogP contribution in [-0.4, -0.2) is 17.0 Å². The SMILES string of the molecule is CCc1ccccc1C(=O)NCc1ccc(C(=O)O)cc1. The highest BCUT2D eigenvalue weighted by atomic mass is 16.4. The van der Waals surface area contributed by atoms with Crippen LogP contribution in [0.25, 0.3) is 0 Å². The molecule has 0 aromatic heterocycles. The molecule has 2 rings (SSSR count). The van der Waals surface area contributed by atoms with Crippen molar-refractivity contribution in [3.63, 3.8) is 0 Å². The molecule has 2 aromatic rings. The van der Waals surface area contributed by atoms with Crippen LogP contribution in [0, 0.1) is 0 Å². The van der Waals surface area contributed by atoms with Crippen LogP contribution < -0.4 is 5.32 Å². The quantitative estimate of drug-likeness (QED) is 0.886. The lowest BCUT2D eigenvalue weighted by Crippen LogP contribution is -2.23. The van der Waals surface area contributed by atoms with E-state index in [0.717, 1.165) is 17.5 Å². The number of amides is 1. The third-order valence-corrected chi connectivity index (χ3v) is 3.30. The maximum atomic E-state index is 12.2. The van der Waals surface area contributed by atoms with Gasteiger partial charge in [-0.2, -0.15) is 0 Å². The van der Waals surface area contributed by atoms with E-state index >= 15 is 0 Å². The molecule has 2 N–H and O–H groups in total. The van der Waals surface area contributed by atoms with Crippen molar-refractivity contribution in [2.45, 2.75) is 19.9 Å². The van der Waals surface area contributed by atoms with Crippen molar-refractivity contribution >= 4 is 11.9 Å². The minimum Gasteiger partial charge on any atom is -0.478 e. The second-order valence-electron chi connectivity index (χ2n) is 4.70. The van der Waals surface area contributed by atoms with Crippen LogP contribution in [0.3, 0.4) is 0 Å². The maximum absolute atomic E-state index is 12.2. The van der Waals surface area contributed by atoms with Gasteiger partial charge in [-0.05, 0) is 35.7 Å². The number of nitrogens with one attached hydrogen (secondary N) is 1. The molecule has 0 unspecified atom stereocenters. The van der Waals surface area contributed by atoms with Crippen LogP contribution in [0.15, 0.2) is 48.5 Å². The van der Waals surface area contributed by atoms with Gasteiger partial charge in [-0.25, -0.2) is 4.79 Å². The first-order chi connectivity index (χ1) is 10.1. The highest BCUT2D eigenvalue weighted by molar-refractivity contribution is 5.95. The van der Waals surface area contributed by atoms with E-state index in [0.29, 0.717) is 12.1 Å². The summed E-state index contributed by atoms with van der Waals surface area (Å²) in [5.41, 5.74) is 2.79. The van der Waals surface area contributed by atoms with E-state index in [2.05, 4.69) is 5.32 Å². The van der Waals surface area contributed by atoms with E-state index in [1.807, 2.05) is 31.2 Å². The van der Waals surface area contributed by atoms with E-state index in [9.17, 15) is 9.59 Å². The summed E-state index contributed by atoms with van der Waals surface area (Å²) in [5, 5.41) is 11.7. The van der Waals surface area contributed by atoms with Crippen molar-refractivity contribution in [3.05, 3.63) is 70.8 Å². The molecule has 0 saturated heterocycles. The number of aryl methyl sites for hydroxylation is 1. The number of hydrogen-bond acceptors (Lipinski definition) is 2. The number of carbonyl (C=O) groups is 2. The number of carboxylic acids is 1. The molecule has 4 nitrogen and oxygen atoms in total. The lowest BCUT2D eigenvalue weighted by atomic mass is 10.0. The summed E-state index contributed by atoms with van der Waals surface area (Å²) in [5.74, 6) is -1.07. The molecular formula is C17H17NO3. The molecule has 0 spiro atoms. The van der Waals surface area contributed by atoms with Crippen molar-refractivity contribution in [3.8, 4) is 0 Å². The van der Waals surface area contributed by atoms with Crippen molar-refractivity contribution in [1.29, 1.82) is 0 Å². The molecule has 0 saturated carbocycles. The molecule has 21 heavy (non-hydrogen) atoms. The number of aromatic carboxylic acids is 1. The van der Waals surface area contributed by atoms with Gasteiger partial charge in [0.2, 0.25) is 0 Å². The number of hydrogen-bond donors (Lipinski definition) is 2. The third kappa shape index (κ3) is 3.69. The predicted octanol–water partition coefficient (Wildman–Crippen LogP) is 2.88. The van der Waals surface area contributed by atoms with Crippen LogP contribution in [0.5, 0.6) is 0 Å². The fraction of sp³-hybridized carbons (Fsp3) is 0.176. The smallest absolute Gasteiger partial charge is 0.335 e. The normalized spacial score (nSPS) is 10.1. The van der Waals surface area contributed by atoms with Gasteiger partial charge in [-0.1, -0.05) is 37.3 Å². The summed E-state index contributed by atoms with van der Waals surface area (Å²) in [4.78, 5) is 22.9. The van der Waals surface area contributed by atoms with Crippen molar-refractivity contribution < 1.29 is 14.7 Å². The Morgan fingerprint density at radius 2 is 1.71 bits per heavy atom. The summed E-state index contributed by atoms with van der Waals surface area (Å²) in [6, 6.07) is 14.0. The van der Waals surface area contributed by atoms with Crippen molar-refractivity contribution in [2.75, 3.05) is 0 Å². The molecule has 1 amide bonds. The topological polar surface area (TPSA) is 66.4 Å². The highest BCUT2D eigenvalue weighted by Crippen LogP contribution is 2.10. The van der Waals surface area contributed by atoms with Gasteiger partial charge < -0.3 is 10.4 Å². The van der Waals surface area contributed by atoms with Gasteiger partial charge in [0.15, 0.2) is 0 Å². The lowest BCUT2D eigenvalue weighted by Gasteiger charge is -2.09. The minimum atomic E-state index is -0.956. The molecule has 2 aromatic carbocycles. The zero-order chi connectivity index (χ0) is 15.2. The first-order valence-electron chi connectivity index (χ1n) is 6.80. The summed E-state index contributed by atoms with van der Waals surface area (Å²) in [6.45, 7) is 2.38. The molecule has 0 aliphatic heterocycles. The Kier molecular flexibility index (Phi) is 4.72. The first-order valence-corrected chi connectivity index (χ1v) is 6.80. The first kappa shape index (κ1) is 14.8. The lowest BCUT2D eigenvalue weighted by molar-refractivity contribution is 0.0696. The van der Waals surface area contributed by atoms with E-state index in [1.54, 1.807) is 12.1 Å². The van der Waals surface area contributed by atoms with E-state index in [4.69, 9.17) is 5.11 Å². The number of rotatable bonds is 5. The van der Waals surface area contributed by atoms with Gasteiger partial charge in [-0.15, -0.1) is 0 Å². The van der Waals surface area contributed by atoms with E-state index in [1.165, 1.54) is 12.1 Å². The summed E-state index contributed by atoms with van der Waals surface area (Å²) < 4.78 is 0. The second-order valence-corrected chi connectivity index (χ2v) is 4.70. The molecular weight excluding hydrogens is 266 g/mol. The Labute approximate surface area is 123 Å². The Morgan fingerprint density at radius 1 is 1.05 bits per heavy atom. The molecule has 108 valence electrons. The van der Waals surface area contributed by atoms with Crippen LogP contribution in [0.2, 0.25) is 0 Å². The van der Waals surface area contributed by atoms with Crippen molar-refractivity contribution in [2.24, 2.45) is 0 Å². The second kappa shape index (κ2) is 6.70. The monoisotopic (exact) mass is 283 g/mol. The zero-order valence-electron chi connectivity index (χ0n) is 11.8. The van der Waals surface area contributed by atoms with Gasteiger partial charge in [0.05, 0.1) is 5.56 Å². The molecule has 0 fully saturated rings. The van der Waals surface area contributed by atoms with Gasteiger partial charge >= 0.3 is 5.97 Å². The molecule has 0 bridgehead atoms. The van der Waals surface area contributed by atoms with Crippen LogP contribution >= 0.6 is 0 Å². The van der Waals surface area contributed by atoms with Gasteiger partial charge in [-0.3, -0.25) is 4.79 Å². The van der Waals surface area contributed by atoms with Gasteiger partial charge in [0, 0.05) is 12.1 Å². The molecule has 0 atom stereocenters. The zero-order valence-corrected chi connectivity index (χ0v) is 11.8. The molecule has 0 aliphatic carbocycles. The van der Waals surface area contributed by atoms with Crippen molar-refractivity contribution in [1.82, 2.24) is 5.32 Å². The minimum absolute atomic E-state index is 0.116. The van der Waals surface area contributed by atoms with Gasteiger partial charge in [0.25, 0.3) is 5.91 Å². The summed E-state index contributed by atoms with van der Waals surface area (Å²) >= 11 is 0. The summed E-state index contributed by atoms with van der Waals surface area (Å²) in [7, 11) is 0. The van der Waals surface area contributed by atoms with Gasteiger partial charge in [0.1, 0.15) is 0 Å². The molecule has 4 heteroatoms. The summed E-state index contributed by atoms with van der Waals surface area (Å²) in [6.07, 6.45) is 0.802. The molecule has 0 aliphatic rings. The maximum Gasteiger partial charge on any atom is 0.335 e. The Morgan fingerprint density at radius 3 is 2.33 bits per heavy atom. The fourth-order valence-corrected chi connectivity index (χ4v) is 2.09. The predicted molar refractivity (Wildman–Crippen MR) is 80.4 cm³/mol. The third-order valence-electron chi connectivity index (χ3n) is 3.30. The number of benzene rings is 2. The standard InChI is InChI=1S/C17H17NO3/c1-2-13-5-3-4-6-15(13)16(19)18-11-12-7-9-14(10-8-12)17(20)21/h3-10H,2,11H2,1H3,(H,18,19)(H,20,21). The Hall–Kier alpha value is -2.62. The number of carboxylic acid groups (broad SMARTS) is 1.